The average Bonchev–Trinajstić information content (AvgIpc) is 2.39. The largest absolute Gasteiger partial charge is 0.457 e. The molecule has 0 amide bonds. The van der Waals surface area contributed by atoms with Crippen LogP contribution in [-0.4, -0.2) is 0 Å². The van der Waals surface area contributed by atoms with E-state index in [0.717, 1.165) is 6.42 Å². The highest BCUT2D eigenvalue weighted by Crippen LogP contribution is 2.23. The van der Waals surface area contributed by atoms with Crippen LogP contribution in [0.5, 0.6) is 11.5 Å². The molecule has 0 N–H and O–H groups in total. The second-order valence-corrected chi connectivity index (χ2v) is 3.89. The Morgan fingerprint density at radius 1 is 1.11 bits per heavy atom. The van der Waals surface area contributed by atoms with Crippen molar-refractivity contribution in [2.75, 3.05) is 0 Å². The van der Waals surface area contributed by atoms with Crippen LogP contribution in [0.25, 0.3) is 0 Å². The fraction of sp³-hybridized carbons (Fsp3) is 0.133. The molecule has 2 aromatic carbocycles. The maximum Gasteiger partial charge on any atom is 0.131 e. The fourth-order valence-electron chi connectivity index (χ4n) is 1.62. The number of halogens is 1. The van der Waals surface area contributed by atoms with Gasteiger partial charge in [0.2, 0.25) is 0 Å². The van der Waals surface area contributed by atoms with Crippen LogP contribution in [0.2, 0.25) is 0 Å². The molecule has 0 radical (unpaired) electrons. The van der Waals surface area contributed by atoms with Gasteiger partial charge in [-0.3, -0.25) is 0 Å². The molecule has 0 heterocycles. The van der Waals surface area contributed by atoms with E-state index in [9.17, 15) is 4.39 Å². The van der Waals surface area contributed by atoms with Gasteiger partial charge in [0.05, 0.1) is 11.6 Å². The van der Waals surface area contributed by atoms with E-state index in [-0.39, 0.29) is 5.56 Å². The molecule has 0 aliphatic heterocycles. The first kappa shape index (κ1) is 12.1. The smallest absolute Gasteiger partial charge is 0.131 e. The molecule has 2 nitrogen and oxygen atoms in total. The van der Waals surface area contributed by atoms with Gasteiger partial charge in [-0.1, -0.05) is 19.1 Å². The summed E-state index contributed by atoms with van der Waals surface area (Å²) < 4.78 is 18.7. The highest BCUT2D eigenvalue weighted by Gasteiger charge is 2.03. The number of nitrogens with zero attached hydrogens (tertiary/aromatic N) is 1. The standard InChI is InChI=1S/C15H12FNO/c1-2-11-3-5-14(6-4-11)18-15-8-12(10-17)7-13(16)9-15/h3-9H,2H2,1H3. The summed E-state index contributed by atoms with van der Waals surface area (Å²) in [6.07, 6.45) is 0.957. The molecule has 18 heavy (non-hydrogen) atoms. The summed E-state index contributed by atoms with van der Waals surface area (Å²) in [6, 6.07) is 13.4. The van der Waals surface area contributed by atoms with Crippen molar-refractivity contribution in [1.82, 2.24) is 0 Å². The van der Waals surface area contributed by atoms with Gasteiger partial charge in [0.1, 0.15) is 17.3 Å². The second-order valence-electron chi connectivity index (χ2n) is 3.89. The van der Waals surface area contributed by atoms with Crippen molar-refractivity contribution in [3.05, 3.63) is 59.4 Å². The van der Waals surface area contributed by atoms with Crippen molar-refractivity contribution in [3.8, 4) is 17.6 Å². The molecular formula is C15H12FNO. The van der Waals surface area contributed by atoms with Crippen molar-refractivity contribution in [1.29, 1.82) is 5.26 Å². The van der Waals surface area contributed by atoms with E-state index in [0.29, 0.717) is 11.5 Å². The topological polar surface area (TPSA) is 33.0 Å². The van der Waals surface area contributed by atoms with Gasteiger partial charge in [0.15, 0.2) is 0 Å². The monoisotopic (exact) mass is 241 g/mol. The number of aryl methyl sites for hydroxylation is 1. The minimum atomic E-state index is -0.478. The second kappa shape index (κ2) is 5.33. The SMILES string of the molecule is CCc1ccc(Oc2cc(F)cc(C#N)c2)cc1. The van der Waals surface area contributed by atoms with Crippen molar-refractivity contribution in [2.24, 2.45) is 0 Å². The van der Waals surface area contributed by atoms with Crippen LogP contribution in [0.3, 0.4) is 0 Å². The molecule has 0 saturated carbocycles. The number of ether oxygens (including phenoxy) is 1. The number of rotatable bonds is 3. The summed E-state index contributed by atoms with van der Waals surface area (Å²) >= 11 is 0. The minimum absolute atomic E-state index is 0.246. The highest BCUT2D eigenvalue weighted by molar-refractivity contribution is 5.40. The molecule has 0 aromatic heterocycles. The van der Waals surface area contributed by atoms with E-state index in [4.69, 9.17) is 10.00 Å². The predicted octanol–water partition coefficient (Wildman–Crippen LogP) is 4.05. The molecule has 0 fully saturated rings. The van der Waals surface area contributed by atoms with Crippen LogP contribution in [0.15, 0.2) is 42.5 Å². The van der Waals surface area contributed by atoms with Crippen LogP contribution in [0, 0.1) is 17.1 Å². The minimum Gasteiger partial charge on any atom is -0.457 e. The van der Waals surface area contributed by atoms with E-state index in [1.54, 1.807) is 0 Å². The lowest BCUT2D eigenvalue weighted by molar-refractivity contribution is 0.476. The van der Waals surface area contributed by atoms with E-state index < -0.39 is 5.82 Å². The third kappa shape index (κ3) is 2.86. The van der Waals surface area contributed by atoms with Crippen molar-refractivity contribution in [3.63, 3.8) is 0 Å². The van der Waals surface area contributed by atoms with E-state index >= 15 is 0 Å². The van der Waals surface area contributed by atoms with Gasteiger partial charge in [-0.05, 0) is 36.2 Å². The predicted molar refractivity (Wildman–Crippen MR) is 67.0 cm³/mol. The first-order valence-corrected chi connectivity index (χ1v) is 5.68. The summed E-state index contributed by atoms with van der Waals surface area (Å²) in [6.45, 7) is 2.07. The van der Waals surface area contributed by atoms with Gasteiger partial charge < -0.3 is 4.74 Å². The summed E-state index contributed by atoms with van der Waals surface area (Å²) in [5.74, 6) is 0.478. The Kier molecular flexibility index (Phi) is 3.59. The van der Waals surface area contributed by atoms with E-state index in [1.807, 2.05) is 30.3 Å². The van der Waals surface area contributed by atoms with Gasteiger partial charge in [-0.25, -0.2) is 4.39 Å². The van der Waals surface area contributed by atoms with E-state index in [2.05, 4.69) is 6.92 Å². The first-order valence-electron chi connectivity index (χ1n) is 5.68. The molecule has 0 atom stereocenters. The third-order valence-electron chi connectivity index (χ3n) is 2.57. The van der Waals surface area contributed by atoms with Crippen molar-refractivity contribution >= 4 is 0 Å². The van der Waals surface area contributed by atoms with Gasteiger partial charge in [-0.15, -0.1) is 0 Å². The fourth-order valence-corrected chi connectivity index (χ4v) is 1.62. The number of hydrogen-bond donors (Lipinski definition) is 0. The lowest BCUT2D eigenvalue weighted by atomic mass is 10.2. The molecule has 2 aromatic rings. The molecule has 90 valence electrons. The summed E-state index contributed by atoms with van der Waals surface area (Å²) in [4.78, 5) is 0. The molecule has 0 spiro atoms. The Morgan fingerprint density at radius 2 is 1.83 bits per heavy atom. The molecule has 0 bridgehead atoms. The number of benzene rings is 2. The first-order chi connectivity index (χ1) is 8.71. The van der Waals surface area contributed by atoms with Gasteiger partial charge >= 0.3 is 0 Å². The lowest BCUT2D eigenvalue weighted by Gasteiger charge is -2.06. The maximum absolute atomic E-state index is 13.2. The molecule has 0 aliphatic rings. The van der Waals surface area contributed by atoms with Crippen molar-refractivity contribution < 1.29 is 9.13 Å². The molecule has 3 heteroatoms. The quantitative estimate of drug-likeness (QED) is 0.812. The zero-order valence-electron chi connectivity index (χ0n) is 9.98. The van der Waals surface area contributed by atoms with E-state index in [1.165, 1.54) is 23.8 Å². The zero-order valence-corrected chi connectivity index (χ0v) is 9.98. The van der Waals surface area contributed by atoms with Crippen molar-refractivity contribution in [2.45, 2.75) is 13.3 Å². The Hall–Kier alpha value is -2.34. The van der Waals surface area contributed by atoms with Gasteiger partial charge in [0, 0.05) is 6.07 Å². The third-order valence-corrected chi connectivity index (χ3v) is 2.57. The van der Waals surface area contributed by atoms with Crippen LogP contribution in [-0.2, 0) is 6.42 Å². The lowest BCUT2D eigenvalue weighted by Crippen LogP contribution is -1.88. The summed E-state index contributed by atoms with van der Waals surface area (Å²) in [7, 11) is 0. The number of hydrogen-bond acceptors (Lipinski definition) is 2. The zero-order chi connectivity index (χ0) is 13.0. The molecular weight excluding hydrogens is 229 g/mol. The normalized spacial score (nSPS) is 9.83. The molecule has 0 saturated heterocycles. The number of nitriles is 1. The van der Waals surface area contributed by atoms with Crippen LogP contribution >= 0.6 is 0 Å². The highest BCUT2D eigenvalue weighted by atomic mass is 19.1. The molecule has 0 unspecified atom stereocenters. The summed E-state index contributed by atoms with van der Waals surface area (Å²) in [5, 5.41) is 8.75. The van der Waals surface area contributed by atoms with Crippen LogP contribution < -0.4 is 4.74 Å². The Morgan fingerprint density at radius 3 is 2.44 bits per heavy atom. The van der Waals surface area contributed by atoms with Crippen LogP contribution in [0.1, 0.15) is 18.1 Å². The Bertz CT molecular complexity index is 584. The van der Waals surface area contributed by atoms with Crippen LogP contribution in [0.4, 0.5) is 4.39 Å². The average molecular weight is 241 g/mol. The summed E-state index contributed by atoms with van der Waals surface area (Å²) in [5.41, 5.74) is 1.45. The van der Waals surface area contributed by atoms with Gasteiger partial charge in [-0.2, -0.15) is 5.26 Å². The van der Waals surface area contributed by atoms with Gasteiger partial charge in [0.25, 0.3) is 0 Å². The maximum atomic E-state index is 13.2. The molecule has 0 aliphatic carbocycles. The molecule has 2 rings (SSSR count). The Balaban J connectivity index is 2.22. The Labute approximate surface area is 105 Å².